The van der Waals surface area contributed by atoms with Gasteiger partial charge in [-0.25, -0.2) is 0 Å². The van der Waals surface area contributed by atoms with Gasteiger partial charge in [-0.3, -0.25) is 4.98 Å². The summed E-state index contributed by atoms with van der Waals surface area (Å²) in [6.07, 6.45) is 2.00. The average Bonchev–Trinajstić information content (AvgIpc) is 2.42. The summed E-state index contributed by atoms with van der Waals surface area (Å²) in [4.78, 5) is 4.46. The maximum absolute atomic E-state index is 6.19. The molecule has 0 bridgehead atoms. The first kappa shape index (κ1) is 16.9. The van der Waals surface area contributed by atoms with Crippen LogP contribution in [0.3, 0.4) is 0 Å². The molecule has 20 heavy (non-hydrogen) atoms. The summed E-state index contributed by atoms with van der Waals surface area (Å²) in [7, 11) is 1.67. The van der Waals surface area contributed by atoms with Gasteiger partial charge in [0.25, 0.3) is 0 Å². The van der Waals surface area contributed by atoms with Gasteiger partial charge in [-0.2, -0.15) is 0 Å². The number of nitrogens with two attached hydrogens (primary N) is 1. The second-order valence-corrected chi connectivity index (χ2v) is 4.69. The van der Waals surface area contributed by atoms with Crippen molar-refractivity contribution in [1.29, 1.82) is 0 Å². The standard InChI is InChI=1S/C15H26N2O3/c1-6-19-15(20-7-2)12(16)8-13-11(4)14(18-5)10(3)9-17-13/h9,12,15H,6-8,16H2,1-5H3. The molecule has 1 rings (SSSR count). The smallest absolute Gasteiger partial charge is 0.172 e. The minimum atomic E-state index is -0.404. The first-order chi connectivity index (χ1) is 9.54. The summed E-state index contributed by atoms with van der Waals surface area (Å²) in [5.41, 5.74) is 9.16. The van der Waals surface area contributed by atoms with Crippen LogP contribution in [0.15, 0.2) is 6.20 Å². The average molecular weight is 282 g/mol. The van der Waals surface area contributed by atoms with Crippen LogP contribution in [0, 0.1) is 13.8 Å². The molecular weight excluding hydrogens is 256 g/mol. The minimum Gasteiger partial charge on any atom is -0.496 e. The number of nitrogens with zero attached hydrogens (tertiary/aromatic N) is 1. The fourth-order valence-electron chi connectivity index (χ4n) is 2.22. The van der Waals surface area contributed by atoms with Crippen molar-refractivity contribution in [2.75, 3.05) is 20.3 Å². The lowest BCUT2D eigenvalue weighted by Crippen LogP contribution is -2.41. The van der Waals surface area contributed by atoms with Gasteiger partial charge in [-0.05, 0) is 27.7 Å². The van der Waals surface area contributed by atoms with Crippen LogP contribution in [0.5, 0.6) is 5.75 Å². The van der Waals surface area contributed by atoms with E-state index in [1.807, 2.05) is 33.9 Å². The molecular formula is C15H26N2O3. The van der Waals surface area contributed by atoms with Crippen molar-refractivity contribution < 1.29 is 14.2 Å². The minimum absolute atomic E-state index is 0.256. The Morgan fingerprint density at radius 3 is 2.30 bits per heavy atom. The lowest BCUT2D eigenvalue weighted by Gasteiger charge is -2.24. The van der Waals surface area contributed by atoms with E-state index >= 15 is 0 Å². The van der Waals surface area contributed by atoms with Crippen LogP contribution in [-0.4, -0.2) is 37.6 Å². The van der Waals surface area contributed by atoms with Crippen LogP contribution in [0.4, 0.5) is 0 Å². The van der Waals surface area contributed by atoms with Crippen LogP contribution < -0.4 is 10.5 Å². The Morgan fingerprint density at radius 2 is 1.80 bits per heavy atom. The maximum atomic E-state index is 6.19. The molecule has 0 aromatic carbocycles. The van der Waals surface area contributed by atoms with Crippen molar-refractivity contribution in [3.05, 3.63) is 23.0 Å². The van der Waals surface area contributed by atoms with Crippen LogP contribution >= 0.6 is 0 Å². The number of ether oxygens (including phenoxy) is 3. The fourth-order valence-corrected chi connectivity index (χ4v) is 2.22. The van der Waals surface area contributed by atoms with Crippen molar-refractivity contribution in [3.63, 3.8) is 0 Å². The number of rotatable bonds is 8. The van der Waals surface area contributed by atoms with E-state index in [0.29, 0.717) is 19.6 Å². The second-order valence-electron chi connectivity index (χ2n) is 4.69. The van der Waals surface area contributed by atoms with Crippen molar-refractivity contribution in [3.8, 4) is 5.75 Å². The molecule has 5 heteroatoms. The highest BCUT2D eigenvalue weighted by Gasteiger charge is 2.21. The van der Waals surface area contributed by atoms with Gasteiger partial charge in [0.15, 0.2) is 6.29 Å². The summed E-state index contributed by atoms with van der Waals surface area (Å²) < 4.78 is 16.5. The van der Waals surface area contributed by atoms with Gasteiger partial charge < -0.3 is 19.9 Å². The molecule has 0 amide bonds. The summed E-state index contributed by atoms with van der Waals surface area (Å²) in [6.45, 7) is 8.97. The van der Waals surface area contributed by atoms with E-state index in [0.717, 1.165) is 22.6 Å². The molecule has 0 aliphatic rings. The quantitative estimate of drug-likeness (QED) is 0.738. The van der Waals surface area contributed by atoms with Gasteiger partial charge in [0.05, 0.1) is 13.2 Å². The van der Waals surface area contributed by atoms with E-state index in [1.54, 1.807) is 7.11 Å². The fraction of sp³-hybridized carbons (Fsp3) is 0.667. The molecule has 0 aliphatic heterocycles. The van der Waals surface area contributed by atoms with E-state index in [9.17, 15) is 0 Å². The molecule has 1 atom stereocenters. The molecule has 1 aromatic heterocycles. The highest BCUT2D eigenvalue weighted by molar-refractivity contribution is 5.41. The molecule has 0 aliphatic carbocycles. The predicted octanol–water partition coefficient (Wildman–Crippen LogP) is 1.98. The maximum Gasteiger partial charge on any atom is 0.172 e. The van der Waals surface area contributed by atoms with Crippen molar-refractivity contribution in [1.82, 2.24) is 4.98 Å². The number of aromatic nitrogens is 1. The van der Waals surface area contributed by atoms with E-state index < -0.39 is 6.29 Å². The molecule has 0 saturated heterocycles. The predicted molar refractivity (Wildman–Crippen MR) is 79.0 cm³/mol. The van der Waals surface area contributed by atoms with Crippen LogP contribution in [0.25, 0.3) is 0 Å². The first-order valence-electron chi connectivity index (χ1n) is 7.02. The number of hydrogen-bond donors (Lipinski definition) is 1. The summed E-state index contributed by atoms with van der Waals surface area (Å²) in [6, 6.07) is -0.256. The molecule has 5 nitrogen and oxygen atoms in total. The summed E-state index contributed by atoms with van der Waals surface area (Å²) >= 11 is 0. The number of aryl methyl sites for hydroxylation is 1. The molecule has 114 valence electrons. The largest absolute Gasteiger partial charge is 0.496 e. The van der Waals surface area contributed by atoms with Gasteiger partial charge in [0.2, 0.25) is 0 Å². The molecule has 1 heterocycles. The van der Waals surface area contributed by atoms with Gasteiger partial charge in [0, 0.05) is 42.7 Å². The monoisotopic (exact) mass is 282 g/mol. The van der Waals surface area contributed by atoms with E-state index in [2.05, 4.69) is 4.98 Å². The molecule has 2 N–H and O–H groups in total. The zero-order valence-electron chi connectivity index (χ0n) is 13.1. The third kappa shape index (κ3) is 4.16. The van der Waals surface area contributed by atoms with E-state index in [1.165, 1.54) is 0 Å². The Hall–Kier alpha value is -1.17. The Kier molecular flexibility index (Phi) is 6.91. The molecule has 0 spiro atoms. The number of methoxy groups -OCH3 is 1. The first-order valence-corrected chi connectivity index (χ1v) is 7.02. The normalized spacial score (nSPS) is 12.8. The van der Waals surface area contributed by atoms with E-state index in [-0.39, 0.29) is 6.04 Å². The third-order valence-corrected chi connectivity index (χ3v) is 3.19. The number of pyridine rings is 1. The van der Waals surface area contributed by atoms with Crippen molar-refractivity contribution >= 4 is 0 Å². The van der Waals surface area contributed by atoms with Crippen LogP contribution in [0.1, 0.15) is 30.7 Å². The molecule has 1 aromatic rings. The molecule has 0 saturated carbocycles. The SMILES string of the molecule is CCOC(OCC)C(N)Cc1ncc(C)c(OC)c1C. The Morgan fingerprint density at radius 1 is 1.20 bits per heavy atom. The van der Waals surface area contributed by atoms with Gasteiger partial charge in [-0.15, -0.1) is 0 Å². The Bertz CT molecular complexity index is 418. The van der Waals surface area contributed by atoms with Gasteiger partial charge in [0.1, 0.15) is 5.75 Å². The lowest BCUT2D eigenvalue weighted by atomic mass is 10.0. The lowest BCUT2D eigenvalue weighted by molar-refractivity contribution is -0.148. The summed E-state index contributed by atoms with van der Waals surface area (Å²) in [5.74, 6) is 0.867. The molecule has 1 unspecified atom stereocenters. The molecule has 0 radical (unpaired) electrons. The van der Waals surface area contributed by atoms with Gasteiger partial charge in [-0.1, -0.05) is 0 Å². The van der Waals surface area contributed by atoms with Crippen LogP contribution in [-0.2, 0) is 15.9 Å². The third-order valence-electron chi connectivity index (χ3n) is 3.19. The highest BCUT2D eigenvalue weighted by atomic mass is 16.7. The molecule has 0 fully saturated rings. The Balaban J connectivity index is 2.86. The van der Waals surface area contributed by atoms with E-state index in [4.69, 9.17) is 19.9 Å². The second kappa shape index (κ2) is 8.19. The highest BCUT2D eigenvalue weighted by Crippen LogP contribution is 2.25. The van der Waals surface area contributed by atoms with Crippen molar-refractivity contribution in [2.45, 2.75) is 46.4 Å². The van der Waals surface area contributed by atoms with Crippen molar-refractivity contribution in [2.24, 2.45) is 5.73 Å². The summed E-state index contributed by atoms with van der Waals surface area (Å²) in [5, 5.41) is 0. The van der Waals surface area contributed by atoms with Crippen LogP contribution in [0.2, 0.25) is 0 Å². The zero-order valence-corrected chi connectivity index (χ0v) is 13.1. The van der Waals surface area contributed by atoms with Gasteiger partial charge >= 0.3 is 0 Å². The zero-order chi connectivity index (χ0) is 15.1. The topological polar surface area (TPSA) is 66.6 Å². The number of hydrogen-bond acceptors (Lipinski definition) is 5. The Labute approximate surface area is 121 Å².